The van der Waals surface area contributed by atoms with Crippen LogP contribution in [0.3, 0.4) is 0 Å². The van der Waals surface area contributed by atoms with Crippen molar-refractivity contribution in [2.45, 2.75) is 153 Å². The first-order valence-electron chi connectivity index (χ1n) is 18.1. The molecular formula is C38H73NO5. The van der Waals surface area contributed by atoms with Gasteiger partial charge in [0.2, 0.25) is 0 Å². The molecule has 0 spiro atoms. The van der Waals surface area contributed by atoms with Gasteiger partial charge in [-0.3, -0.25) is 9.59 Å². The van der Waals surface area contributed by atoms with Crippen LogP contribution in [-0.4, -0.2) is 54.8 Å². The number of carbonyl (C=O) groups is 2. The molecule has 0 aromatic heterocycles. The number of hydrogen-bond acceptors (Lipinski definition) is 5. The molecule has 0 aliphatic carbocycles. The molecule has 1 aromatic carbocycles. The van der Waals surface area contributed by atoms with Crippen molar-refractivity contribution < 1.29 is 24.2 Å². The van der Waals surface area contributed by atoms with Gasteiger partial charge in [-0.05, 0) is 68.6 Å². The van der Waals surface area contributed by atoms with Gasteiger partial charge in [-0.2, -0.15) is 0 Å². The number of aliphatic carboxylic acids is 1. The Morgan fingerprint density at radius 2 is 1.43 bits per heavy atom. The van der Waals surface area contributed by atoms with Crippen LogP contribution in [0.25, 0.3) is 0 Å². The van der Waals surface area contributed by atoms with Crippen molar-refractivity contribution in [3.05, 3.63) is 35.9 Å². The van der Waals surface area contributed by atoms with Gasteiger partial charge in [-0.1, -0.05) is 132 Å². The first-order chi connectivity index (χ1) is 21.4. The third kappa shape index (κ3) is 25.4. The smallest absolute Gasteiger partial charge is 0.306 e. The van der Waals surface area contributed by atoms with E-state index in [9.17, 15) is 14.7 Å². The zero-order valence-corrected chi connectivity index (χ0v) is 30.7. The number of carboxylic acid groups (broad SMARTS) is 1. The summed E-state index contributed by atoms with van der Waals surface area (Å²) in [6, 6.07) is 10.2. The Bertz CT molecular complexity index is 732. The Balaban J connectivity index is -0.00000169. The van der Waals surface area contributed by atoms with E-state index in [1.165, 1.54) is 31.2 Å². The molecule has 1 saturated heterocycles. The van der Waals surface area contributed by atoms with E-state index in [0.29, 0.717) is 19.1 Å². The highest BCUT2D eigenvalue weighted by molar-refractivity contribution is 5.73. The average molecular weight is 624 g/mol. The fraction of sp³-hybridized carbons (Fsp3) is 0.789. The molecule has 260 valence electrons. The lowest BCUT2D eigenvalue weighted by Crippen LogP contribution is -2.42. The summed E-state index contributed by atoms with van der Waals surface area (Å²) < 4.78 is 11.3. The number of carboxylic acids is 1. The van der Waals surface area contributed by atoms with Crippen LogP contribution in [0.5, 0.6) is 0 Å². The molecule has 1 N–H and O–H groups in total. The third-order valence-corrected chi connectivity index (χ3v) is 7.42. The highest BCUT2D eigenvalue weighted by Crippen LogP contribution is 2.39. The molecule has 0 amide bonds. The van der Waals surface area contributed by atoms with Crippen molar-refractivity contribution >= 4 is 11.9 Å². The summed E-state index contributed by atoms with van der Waals surface area (Å²) in [5, 5.41) is 9.50. The van der Waals surface area contributed by atoms with Crippen molar-refractivity contribution in [3.8, 4) is 0 Å². The monoisotopic (exact) mass is 624 g/mol. The molecule has 1 aliphatic rings. The van der Waals surface area contributed by atoms with Gasteiger partial charge in [0.25, 0.3) is 0 Å². The minimum absolute atomic E-state index is 0.0390. The maximum atomic E-state index is 12.6. The SMILES string of the molecule is CC.CC.CC.CCC.CCCCC(CC)CCOC(=O)CC1(CC(=O)O)CCN(CCCCOCc2ccccc2)CC1. The summed E-state index contributed by atoms with van der Waals surface area (Å²) in [4.78, 5) is 26.6. The number of rotatable bonds is 18. The van der Waals surface area contributed by atoms with Crippen molar-refractivity contribution in [1.29, 1.82) is 0 Å². The second kappa shape index (κ2) is 34.0. The van der Waals surface area contributed by atoms with Gasteiger partial charge in [0.15, 0.2) is 0 Å². The quantitative estimate of drug-likeness (QED) is 0.129. The first-order valence-corrected chi connectivity index (χ1v) is 18.1. The number of carbonyl (C=O) groups excluding carboxylic acids is 1. The summed E-state index contributed by atoms with van der Waals surface area (Å²) in [6.45, 7) is 25.1. The molecule has 6 heteroatoms. The van der Waals surface area contributed by atoms with Crippen molar-refractivity contribution in [3.63, 3.8) is 0 Å². The van der Waals surface area contributed by atoms with Gasteiger partial charge in [-0.15, -0.1) is 0 Å². The predicted molar refractivity (Wildman–Crippen MR) is 189 cm³/mol. The van der Waals surface area contributed by atoms with Crippen LogP contribution in [0.2, 0.25) is 0 Å². The third-order valence-electron chi connectivity index (χ3n) is 7.42. The summed E-state index contributed by atoms with van der Waals surface area (Å²) in [7, 11) is 0. The number of likely N-dealkylation sites (tertiary alicyclic amines) is 1. The minimum Gasteiger partial charge on any atom is -0.481 e. The Morgan fingerprint density at radius 3 is 1.95 bits per heavy atom. The summed E-state index contributed by atoms with van der Waals surface area (Å²) >= 11 is 0. The number of unbranched alkanes of at least 4 members (excludes halogenated alkanes) is 2. The number of hydrogen-bond donors (Lipinski definition) is 1. The molecule has 44 heavy (non-hydrogen) atoms. The number of ether oxygens (including phenoxy) is 2. The van der Waals surface area contributed by atoms with Gasteiger partial charge >= 0.3 is 11.9 Å². The topological polar surface area (TPSA) is 76.1 Å². The minimum atomic E-state index is -0.826. The number of benzene rings is 1. The largest absolute Gasteiger partial charge is 0.481 e. The molecule has 1 unspecified atom stereocenters. The van der Waals surface area contributed by atoms with Crippen molar-refractivity contribution in [2.75, 3.05) is 32.8 Å². The average Bonchev–Trinajstić information content (AvgIpc) is 3.05. The fourth-order valence-corrected chi connectivity index (χ4v) is 5.03. The van der Waals surface area contributed by atoms with E-state index in [1.807, 2.05) is 59.7 Å². The standard InChI is InChI=1S/C29H47NO5.C3H8.3C2H6/c1-3-5-11-25(4-2)14-21-35-28(33)23-29(22-27(31)32)15-18-30(19-16-29)17-9-10-20-34-24-26-12-7-6-8-13-26;1-3-2;3*1-2/h6-8,12-13,25H,3-5,9-11,14-24H2,1-2H3,(H,31,32);3H2,1-2H3;3*1-2H3. The van der Waals surface area contributed by atoms with Crippen LogP contribution < -0.4 is 0 Å². The molecule has 1 aliphatic heterocycles. The van der Waals surface area contributed by atoms with Crippen LogP contribution >= 0.6 is 0 Å². The molecular weight excluding hydrogens is 550 g/mol. The molecule has 1 aromatic rings. The van der Waals surface area contributed by atoms with E-state index in [4.69, 9.17) is 9.47 Å². The zero-order valence-electron chi connectivity index (χ0n) is 30.7. The maximum Gasteiger partial charge on any atom is 0.306 e. The molecule has 1 atom stereocenters. The Morgan fingerprint density at radius 1 is 0.841 bits per heavy atom. The van der Waals surface area contributed by atoms with Crippen LogP contribution in [0.15, 0.2) is 30.3 Å². The number of nitrogens with zero attached hydrogens (tertiary/aromatic N) is 1. The molecule has 0 saturated carbocycles. The normalized spacial score (nSPS) is 14.0. The molecule has 6 nitrogen and oxygen atoms in total. The molecule has 2 rings (SSSR count). The summed E-state index contributed by atoms with van der Waals surface area (Å²) in [6.07, 6.45) is 10.6. The second-order valence-electron chi connectivity index (χ2n) is 11.0. The predicted octanol–water partition coefficient (Wildman–Crippen LogP) is 10.6. The Kier molecular flexibility index (Phi) is 35.9. The lowest BCUT2D eigenvalue weighted by molar-refractivity contribution is -0.150. The van der Waals surface area contributed by atoms with E-state index < -0.39 is 11.4 Å². The second-order valence-corrected chi connectivity index (χ2v) is 11.0. The fourth-order valence-electron chi connectivity index (χ4n) is 5.03. The van der Waals surface area contributed by atoms with E-state index in [0.717, 1.165) is 64.8 Å². The van der Waals surface area contributed by atoms with Crippen LogP contribution in [0, 0.1) is 11.3 Å². The Hall–Kier alpha value is -1.92. The highest BCUT2D eigenvalue weighted by Gasteiger charge is 2.39. The van der Waals surface area contributed by atoms with Crippen molar-refractivity contribution in [2.24, 2.45) is 11.3 Å². The Labute approximate surface area is 273 Å². The van der Waals surface area contributed by atoms with E-state index in [-0.39, 0.29) is 18.8 Å². The maximum absolute atomic E-state index is 12.6. The molecule has 0 bridgehead atoms. The lowest BCUT2D eigenvalue weighted by Gasteiger charge is -2.40. The van der Waals surface area contributed by atoms with Gasteiger partial charge in [-0.25, -0.2) is 0 Å². The van der Waals surface area contributed by atoms with E-state index in [1.54, 1.807) is 0 Å². The molecule has 1 heterocycles. The van der Waals surface area contributed by atoms with Gasteiger partial charge in [0.05, 0.1) is 26.1 Å². The molecule has 1 fully saturated rings. The van der Waals surface area contributed by atoms with Crippen LogP contribution in [-0.2, 0) is 25.7 Å². The first kappa shape index (κ1) is 46.5. The summed E-state index contributed by atoms with van der Waals surface area (Å²) in [5.74, 6) is -0.462. The van der Waals surface area contributed by atoms with Crippen molar-refractivity contribution in [1.82, 2.24) is 4.90 Å². The van der Waals surface area contributed by atoms with E-state index in [2.05, 4.69) is 44.7 Å². The van der Waals surface area contributed by atoms with Crippen LogP contribution in [0.1, 0.15) is 152 Å². The zero-order chi connectivity index (χ0) is 34.1. The van der Waals surface area contributed by atoms with Gasteiger partial charge in [0.1, 0.15) is 0 Å². The van der Waals surface area contributed by atoms with Gasteiger partial charge in [0, 0.05) is 6.61 Å². The van der Waals surface area contributed by atoms with E-state index >= 15 is 0 Å². The lowest BCUT2D eigenvalue weighted by atomic mass is 9.73. The number of esters is 1. The highest BCUT2D eigenvalue weighted by atomic mass is 16.5. The summed E-state index contributed by atoms with van der Waals surface area (Å²) in [5.41, 5.74) is 0.711. The van der Waals surface area contributed by atoms with Crippen LogP contribution in [0.4, 0.5) is 0 Å². The number of piperidine rings is 1. The molecule has 0 radical (unpaired) electrons. The van der Waals surface area contributed by atoms with Gasteiger partial charge < -0.3 is 19.5 Å².